The Morgan fingerprint density at radius 3 is 1.14 bits per heavy atom. The molecule has 0 bridgehead atoms. The first kappa shape index (κ1) is 32.6. The zero-order chi connectivity index (χ0) is 25.9. The predicted molar refractivity (Wildman–Crippen MR) is 134 cm³/mol. The molecule has 0 saturated heterocycles. The van der Waals surface area contributed by atoms with E-state index in [-0.39, 0.29) is 0 Å². The summed E-state index contributed by atoms with van der Waals surface area (Å²) in [7, 11) is 0. The second-order valence-electron chi connectivity index (χ2n) is 10.7. The van der Waals surface area contributed by atoms with E-state index < -0.39 is 11.9 Å². The Morgan fingerprint density at radius 2 is 0.829 bits per heavy atom. The number of rotatable bonds is 4. The van der Waals surface area contributed by atoms with Crippen LogP contribution in [0.5, 0.6) is 0 Å². The summed E-state index contributed by atoms with van der Waals surface area (Å²) in [6.07, 6.45) is 27.3. The summed E-state index contributed by atoms with van der Waals surface area (Å²) in [5, 5.41) is 25.5. The zero-order valence-corrected chi connectivity index (χ0v) is 23.8. The number of aliphatic carboxylic acids is 2. The number of carbonyl (C=O) groups is 2. The van der Waals surface area contributed by atoms with Crippen LogP contribution in [0.1, 0.15) is 136 Å². The quantitative estimate of drug-likeness (QED) is 0.484. The van der Waals surface area contributed by atoms with Gasteiger partial charge in [0.1, 0.15) is 0 Å². The fourth-order valence-corrected chi connectivity index (χ4v) is 6.49. The van der Waals surface area contributed by atoms with Gasteiger partial charge in [0.25, 0.3) is 0 Å². The molecule has 0 aromatic carbocycles. The standard InChI is InChI=1S/C12H23N.C12H22N.2C2H4O2.Pd/c2*1-3-7-11(8-4-1)13-12-9-5-2-6-10-12;2*1-2(3)4;/h11-13H,1-10H2;3,11-13H,1-2,4-10H2;2*1H3,(H,3,4);/q;;;;+2/p-2. The first-order valence-electron chi connectivity index (χ1n) is 14.2. The van der Waals surface area contributed by atoms with Crippen molar-refractivity contribution in [3.8, 4) is 0 Å². The minimum atomic E-state index is -1.08. The van der Waals surface area contributed by atoms with Crippen LogP contribution in [0.2, 0.25) is 4.39 Å². The molecule has 4 rings (SSSR count). The average Bonchev–Trinajstić information content (AvgIpc) is 2.81. The summed E-state index contributed by atoms with van der Waals surface area (Å²) in [4.78, 5) is 17.8. The maximum absolute atomic E-state index is 8.89. The molecule has 2 N–H and O–H groups in total. The van der Waals surface area contributed by atoms with Crippen molar-refractivity contribution in [1.82, 2.24) is 10.6 Å². The van der Waals surface area contributed by atoms with E-state index in [0.717, 1.165) is 42.4 Å². The van der Waals surface area contributed by atoms with E-state index in [1.807, 2.05) is 0 Å². The van der Waals surface area contributed by atoms with Gasteiger partial charge in [0, 0.05) is 24.0 Å². The first-order chi connectivity index (χ1) is 16.8. The predicted octanol–water partition coefficient (Wildman–Crippen LogP) is 3.94. The van der Waals surface area contributed by atoms with Crippen molar-refractivity contribution in [3.63, 3.8) is 0 Å². The fraction of sp³-hybridized carbons (Fsp3) is 0.929. The number of hydrogen-bond donors (Lipinski definition) is 2. The molecule has 2 atom stereocenters. The maximum atomic E-state index is 8.89. The van der Waals surface area contributed by atoms with Crippen LogP contribution in [0.4, 0.5) is 0 Å². The van der Waals surface area contributed by atoms with Crippen LogP contribution in [0.25, 0.3) is 0 Å². The van der Waals surface area contributed by atoms with Gasteiger partial charge in [-0.15, -0.1) is 0 Å². The summed E-state index contributed by atoms with van der Waals surface area (Å²) >= 11 is 3.49. The van der Waals surface area contributed by atoms with Crippen molar-refractivity contribution >= 4 is 11.9 Å². The molecule has 7 heteroatoms. The third kappa shape index (κ3) is 19.3. The summed E-state index contributed by atoms with van der Waals surface area (Å²) in [6.45, 7) is 1.94. The molecule has 0 aromatic heterocycles. The van der Waals surface area contributed by atoms with Crippen molar-refractivity contribution in [3.05, 3.63) is 0 Å². The van der Waals surface area contributed by atoms with Gasteiger partial charge in [0.2, 0.25) is 0 Å². The Labute approximate surface area is 225 Å². The average molecular weight is 586 g/mol. The van der Waals surface area contributed by atoms with Gasteiger partial charge in [-0.05, 0) is 39.5 Å². The Bertz CT molecular complexity index is 509. The number of carboxylic acid groups (broad SMARTS) is 2. The van der Waals surface area contributed by atoms with Crippen LogP contribution in [-0.2, 0) is 28.8 Å². The molecule has 0 spiro atoms. The van der Waals surface area contributed by atoms with Crippen LogP contribution in [0, 0.1) is 0 Å². The van der Waals surface area contributed by atoms with Gasteiger partial charge >= 0.3 is 98.8 Å². The third-order valence-electron chi connectivity index (χ3n) is 7.34. The van der Waals surface area contributed by atoms with Crippen LogP contribution < -0.4 is 20.8 Å². The summed E-state index contributed by atoms with van der Waals surface area (Å²) in [6, 6.07) is 3.40. The molecule has 0 aliphatic heterocycles. The van der Waals surface area contributed by atoms with Gasteiger partial charge in [-0.25, -0.2) is 0 Å². The molecule has 0 radical (unpaired) electrons. The van der Waals surface area contributed by atoms with E-state index in [1.54, 1.807) is 0 Å². The van der Waals surface area contributed by atoms with E-state index >= 15 is 0 Å². The Balaban J connectivity index is 0.000000270. The number of nitrogens with one attached hydrogen (secondary N) is 2. The van der Waals surface area contributed by atoms with E-state index in [4.69, 9.17) is 19.8 Å². The molecular weight excluding hydrogens is 535 g/mol. The van der Waals surface area contributed by atoms with Crippen molar-refractivity contribution in [2.24, 2.45) is 0 Å². The third-order valence-corrected chi connectivity index (χ3v) is 8.15. The Morgan fingerprint density at radius 1 is 0.543 bits per heavy atom. The second-order valence-corrected chi connectivity index (χ2v) is 12.0. The molecule has 0 heterocycles. The van der Waals surface area contributed by atoms with E-state index in [1.165, 1.54) is 122 Å². The van der Waals surface area contributed by atoms with E-state index in [0.29, 0.717) is 0 Å². The molecule has 207 valence electrons. The van der Waals surface area contributed by atoms with Crippen molar-refractivity contribution in [1.29, 1.82) is 0 Å². The van der Waals surface area contributed by atoms with Crippen LogP contribution in [0.15, 0.2) is 0 Å². The summed E-state index contributed by atoms with van der Waals surface area (Å²) in [5.74, 6) is -2.17. The number of hydrogen-bond acceptors (Lipinski definition) is 6. The van der Waals surface area contributed by atoms with E-state index in [2.05, 4.69) is 29.8 Å². The minimum absolute atomic E-state index is 0.811. The van der Waals surface area contributed by atoms with Gasteiger partial charge in [0.05, 0.1) is 0 Å². The number of carbonyl (C=O) groups excluding carboxylic acids is 2. The van der Waals surface area contributed by atoms with Crippen molar-refractivity contribution in [2.45, 2.75) is 164 Å². The molecule has 0 amide bonds. The molecule has 4 aliphatic carbocycles. The monoisotopic (exact) mass is 585 g/mol. The topological polar surface area (TPSA) is 104 Å². The molecule has 2 unspecified atom stereocenters. The molecule has 4 fully saturated rings. The van der Waals surface area contributed by atoms with Gasteiger partial charge in [-0.2, -0.15) is 0 Å². The molecule has 0 aromatic rings. The molecule has 4 saturated carbocycles. The molecular formula is C28H51N2O4Pd. The molecule has 4 aliphatic rings. The molecule has 6 nitrogen and oxygen atoms in total. The van der Waals surface area contributed by atoms with Gasteiger partial charge in [-0.3, -0.25) is 0 Å². The zero-order valence-electron chi connectivity index (χ0n) is 22.3. The van der Waals surface area contributed by atoms with Crippen molar-refractivity contribution < 1.29 is 39.0 Å². The first-order valence-corrected chi connectivity index (χ1v) is 15.1. The normalized spacial score (nSPS) is 26.0. The van der Waals surface area contributed by atoms with Crippen LogP contribution in [0.3, 0.4) is 0 Å². The van der Waals surface area contributed by atoms with Gasteiger partial charge < -0.3 is 25.1 Å². The number of carboxylic acids is 2. The van der Waals surface area contributed by atoms with Gasteiger partial charge in [-0.1, -0.05) is 38.5 Å². The van der Waals surface area contributed by atoms with Crippen LogP contribution in [-0.4, -0.2) is 36.1 Å². The fourth-order valence-electron chi connectivity index (χ4n) is 5.73. The Hall–Kier alpha value is -0.478. The molecule has 35 heavy (non-hydrogen) atoms. The summed E-state index contributed by atoms with van der Waals surface area (Å²) in [5.41, 5.74) is 0. The Kier molecular flexibility index (Phi) is 19.1. The SMILES string of the molecule is C1CCC(NC2CCCCC2)CC1.CC(=O)[O-].CC(=O)[O-].[Pd+2][CH]1CCCC(NC2CCCCC2)C1. The van der Waals surface area contributed by atoms with Crippen LogP contribution >= 0.6 is 0 Å². The van der Waals surface area contributed by atoms with E-state index in [9.17, 15) is 0 Å². The second kappa shape index (κ2) is 20.6. The van der Waals surface area contributed by atoms with Crippen molar-refractivity contribution in [2.75, 3.05) is 0 Å². The summed E-state index contributed by atoms with van der Waals surface area (Å²) < 4.78 is 0.813. The van der Waals surface area contributed by atoms with Gasteiger partial charge in [0.15, 0.2) is 0 Å².